The Balaban J connectivity index is 1.97. The molecule has 1 aromatic heterocycles. The smallest absolute Gasteiger partial charge is 0.305 e. The summed E-state index contributed by atoms with van der Waals surface area (Å²) < 4.78 is 0. The molecule has 1 heterocycles. The molecule has 0 spiro atoms. The maximum Gasteiger partial charge on any atom is 0.364 e. The number of hydrogen-bond donors (Lipinski definition) is 1. The summed E-state index contributed by atoms with van der Waals surface area (Å²) in [5.41, 5.74) is 0.642. The van der Waals surface area contributed by atoms with Crippen molar-refractivity contribution in [2.24, 2.45) is 10.2 Å². The summed E-state index contributed by atoms with van der Waals surface area (Å²) in [5, 5.41) is 17.1. The number of urea groups is 1. The van der Waals surface area contributed by atoms with Crippen molar-refractivity contribution >= 4 is 29.1 Å². The minimum Gasteiger partial charge on any atom is -0.305 e. The Bertz CT molecular complexity index is 555. The summed E-state index contributed by atoms with van der Waals surface area (Å²) in [6, 6.07) is 11.4. The van der Waals surface area contributed by atoms with Gasteiger partial charge in [0.1, 0.15) is 0 Å². The van der Waals surface area contributed by atoms with Gasteiger partial charge in [-0.2, -0.15) is 0 Å². The number of carbonyl (C=O) groups is 1. The largest absolute Gasteiger partial charge is 0.364 e. The van der Waals surface area contributed by atoms with Gasteiger partial charge in [-0.25, -0.2) is 4.79 Å². The number of para-hydroxylation sites is 1. The lowest BCUT2D eigenvalue weighted by Gasteiger charge is -1.98. The average molecular weight is 262 g/mol. The molecule has 0 saturated heterocycles. The predicted molar refractivity (Wildman–Crippen MR) is 67.0 cm³/mol. The van der Waals surface area contributed by atoms with Gasteiger partial charge in [0.15, 0.2) is 11.0 Å². The van der Waals surface area contributed by atoms with Crippen LogP contribution in [-0.2, 0) is 0 Å². The Morgan fingerprint density at radius 1 is 1.11 bits per heavy atom. The van der Waals surface area contributed by atoms with Gasteiger partial charge in [0.05, 0.1) is 0 Å². The topological polar surface area (TPSA) is 79.6 Å². The molecule has 6 nitrogen and oxygen atoms in total. The van der Waals surface area contributed by atoms with E-state index in [2.05, 4.69) is 25.7 Å². The van der Waals surface area contributed by atoms with Gasteiger partial charge in [0.25, 0.3) is 0 Å². The predicted octanol–water partition coefficient (Wildman–Crippen LogP) is 3.45. The van der Waals surface area contributed by atoms with Crippen molar-refractivity contribution in [2.45, 2.75) is 0 Å². The third kappa shape index (κ3) is 3.60. The quantitative estimate of drug-likeness (QED) is 0.841. The molecule has 2 aromatic rings. The van der Waals surface area contributed by atoms with Crippen LogP contribution < -0.4 is 5.32 Å². The molecule has 7 heteroatoms. The molecule has 0 atom stereocenters. The van der Waals surface area contributed by atoms with E-state index in [4.69, 9.17) is 11.6 Å². The molecule has 0 aliphatic heterocycles. The van der Waals surface area contributed by atoms with E-state index >= 15 is 0 Å². The van der Waals surface area contributed by atoms with E-state index in [0.717, 1.165) is 0 Å². The standard InChI is InChI=1S/C11H8ClN5O/c12-9-6-7-10(15-14-9)16-17-11(18)13-8-4-2-1-3-5-8/h1-7H,(H,13,18). The maximum absolute atomic E-state index is 11.4. The first-order chi connectivity index (χ1) is 8.74. The van der Waals surface area contributed by atoms with Crippen molar-refractivity contribution < 1.29 is 4.79 Å². The fraction of sp³-hybridized carbons (Fsp3) is 0. The van der Waals surface area contributed by atoms with Crippen LogP contribution in [0.2, 0.25) is 5.15 Å². The molecule has 0 unspecified atom stereocenters. The maximum atomic E-state index is 11.4. The molecule has 2 rings (SSSR count). The van der Waals surface area contributed by atoms with Crippen LogP contribution in [-0.4, -0.2) is 16.2 Å². The number of amides is 2. The fourth-order valence-electron chi connectivity index (χ4n) is 1.13. The summed E-state index contributed by atoms with van der Waals surface area (Å²) in [7, 11) is 0. The van der Waals surface area contributed by atoms with E-state index in [1.807, 2.05) is 6.07 Å². The monoisotopic (exact) mass is 261 g/mol. The van der Waals surface area contributed by atoms with Gasteiger partial charge in [0.2, 0.25) is 0 Å². The van der Waals surface area contributed by atoms with E-state index in [-0.39, 0.29) is 11.0 Å². The Labute approximate surface area is 108 Å². The van der Waals surface area contributed by atoms with Gasteiger partial charge in [-0.3, -0.25) is 0 Å². The lowest BCUT2D eigenvalue weighted by molar-refractivity contribution is 0.258. The Kier molecular flexibility index (Phi) is 3.93. The fourth-order valence-corrected chi connectivity index (χ4v) is 1.23. The number of anilines is 1. The summed E-state index contributed by atoms with van der Waals surface area (Å²) in [4.78, 5) is 11.4. The highest BCUT2D eigenvalue weighted by atomic mass is 35.5. The zero-order chi connectivity index (χ0) is 12.8. The molecular weight excluding hydrogens is 254 g/mol. The first-order valence-corrected chi connectivity index (χ1v) is 5.39. The van der Waals surface area contributed by atoms with Crippen molar-refractivity contribution in [3.63, 3.8) is 0 Å². The third-order valence-corrected chi connectivity index (χ3v) is 2.09. The Hall–Kier alpha value is -2.34. The number of hydrogen-bond acceptors (Lipinski definition) is 4. The van der Waals surface area contributed by atoms with E-state index < -0.39 is 6.03 Å². The number of rotatable bonds is 2. The SMILES string of the molecule is O=C(N=Nc1ccc(Cl)nn1)Nc1ccccc1. The minimum absolute atomic E-state index is 0.211. The van der Waals surface area contributed by atoms with Gasteiger partial charge in [-0.05, 0) is 24.3 Å². The highest BCUT2D eigenvalue weighted by Gasteiger charge is 1.99. The zero-order valence-electron chi connectivity index (χ0n) is 9.12. The van der Waals surface area contributed by atoms with E-state index in [0.29, 0.717) is 5.69 Å². The number of nitrogens with one attached hydrogen (secondary N) is 1. The Morgan fingerprint density at radius 3 is 2.56 bits per heavy atom. The number of nitrogens with zero attached hydrogens (tertiary/aromatic N) is 4. The van der Waals surface area contributed by atoms with Gasteiger partial charge >= 0.3 is 6.03 Å². The molecule has 0 aliphatic carbocycles. The molecule has 90 valence electrons. The molecule has 0 saturated carbocycles. The molecule has 0 bridgehead atoms. The number of carbonyl (C=O) groups excluding carboxylic acids is 1. The molecule has 0 radical (unpaired) electrons. The lowest BCUT2D eigenvalue weighted by Crippen LogP contribution is -2.04. The summed E-state index contributed by atoms with van der Waals surface area (Å²) in [5.74, 6) is 0.211. The summed E-state index contributed by atoms with van der Waals surface area (Å²) in [6.07, 6.45) is 0. The second kappa shape index (κ2) is 5.83. The van der Waals surface area contributed by atoms with Gasteiger partial charge in [-0.15, -0.1) is 15.3 Å². The van der Waals surface area contributed by atoms with Crippen LogP contribution >= 0.6 is 11.6 Å². The van der Waals surface area contributed by atoms with Gasteiger partial charge < -0.3 is 5.32 Å². The van der Waals surface area contributed by atoms with Crippen LogP contribution in [0.3, 0.4) is 0 Å². The number of halogens is 1. The van der Waals surface area contributed by atoms with Crippen molar-refractivity contribution in [1.82, 2.24) is 10.2 Å². The van der Waals surface area contributed by atoms with Gasteiger partial charge in [0, 0.05) is 5.69 Å². The molecule has 0 aliphatic rings. The van der Waals surface area contributed by atoms with E-state index in [9.17, 15) is 4.79 Å². The van der Waals surface area contributed by atoms with Crippen molar-refractivity contribution in [2.75, 3.05) is 5.32 Å². The number of aromatic nitrogens is 2. The molecule has 2 amide bonds. The van der Waals surface area contributed by atoms with Crippen LogP contribution in [0.25, 0.3) is 0 Å². The molecule has 0 fully saturated rings. The highest BCUT2D eigenvalue weighted by molar-refractivity contribution is 6.29. The normalized spacial score (nSPS) is 10.5. The van der Waals surface area contributed by atoms with E-state index in [1.54, 1.807) is 24.3 Å². The van der Waals surface area contributed by atoms with Crippen LogP contribution in [0.15, 0.2) is 52.7 Å². The molecule has 1 N–H and O–H groups in total. The van der Waals surface area contributed by atoms with Crippen LogP contribution in [0, 0.1) is 0 Å². The molecule has 1 aromatic carbocycles. The zero-order valence-corrected chi connectivity index (χ0v) is 9.87. The first kappa shape index (κ1) is 12.1. The van der Waals surface area contributed by atoms with E-state index in [1.165, 1.54) is 12.1 Å². The minimum atomic E-state index is -0.585. The lowest BCUT2D eigenvalue weighted by atomic mass is 10.3. The average Bonchev–Trinajstić information content (AvgIpc) is 2.39. The third-order valence-electron chi connectivity index (χ3n) is 1.89. The van der Waals surface area contributed by atoms with Crippen molar-refractivity contribution in [3.05, 3.63) is 47.6 Å². The van der Waals surface area contributed by atoms with Crippen LogP contribution in [0.5, 0.6) is 0 Å². The second-order valence-electron chi connectivity index (χ2n) is 3.21. The first-order valence-electron chi connectivity index (χ1n) is 5.01. The Morgan fingerprint density at radius 2 is 1.89 bits per heavy atom. The second-order valence-corrected chi connectivity index (χ2v) is 3.60. The highest BCUT2D eigenvalue weighted by Crippen LogP contribution is 2.10. The van der Waals surface area contributed by atoms with Crippen LogP contribution in [0.1, 0.15) is 0 Å². The summed E-state index contributed by atoms with van der Waals surface area (Å²) in [6.45, 7) is 0. The van der Waals surface area contributed by atoms with Crippen LogP contribution in [0.4, 0.5) is 16.3 Å². The molecule has 18 heavy (non-hydrogen) atoms. The number of azo groups is 1. The van der Waals surface area contributed by atoms with Gasteiger partial charge in [-0.1, -0.05) is 34.9 Å². The van der Waals surface area contributed by atoms with Crippen molar-refractivity contribution in [3.8, 4) is 0 Å². The van der Waals surface area contributed by atoms with Crippen molar-refractivity contribution in [1.29, 1.82) is 0 Å². The number of benzene rings is 1. The summed E-state index contributed by atoms with van der Waals surface area (Å²) >= 11 is 5.56. The molecular formula is C11H8ClN5O.